The lowest BCUT2D eigenvalue weighted by Crippen LogP contribution is -2.63. The average molecular weight is 366 g/mol. The summed E-state index contributed by atoms with van der Waals surface area (Å²) in [6.45, 7) is 7.57. The van der Waals surface area contributed by atoms with Gasteiger partial charge in [0.15, 0.2) is 0 Å². The van der Waals surface area contributed by atoms with Crippen molar-refractivity contribution in [2.24, 2.45) is 4.99 Å². The Morgan fingerprint density at radius 2 is 2.00 bits per heavy atom. The Labute approximate surface area is 159 Å². The summed E-state index contributed by atoms with van der Waals surface area (Å²) in [6, 6.07) is 9.86. The molecule has 0 radical (unpaired) electrons. The topological polar surface area (TPSA) is 69.9 Å². The van der Waals surface area contributed by atoms with E-state index in [0.717, 1.165) is 36.6 Å². The van der Waals surface area contributed by atoms with Gasteiger partial charge in [0.25, 0.3) is 5.91 Å². The summed E-state index contributed by atoms with van der Waals surface area (Å²) in [6.07, 6.45) is 4.87. The second-order valence-corrected chi connectivity index (χ2v) is 8.35. The van der Waals surface area contributed by atoms with Crippen LogP contribution in [0.25, 0.3) is 0 Å². The molecule has 2 aliphatic heterocycles. The second kappa shape index (κ2) is 6.44. The van der Waals surface area contributed by atoms with Crippen LogP contribution in [0.2, 0.25) is 0 Å². The monoisotopic (exact) mass is 366 g/mol. The molecule has 1 saturated heterocycles. The number of aliphatic imine (C=N–C) groups is 1. The minimum absolute atomic E-state index is 0.00130. The predicted molar refractivity (Wildman–Crippen MR) is 107 cm³/mol. The molecule has 142 valence electrons. The van der Waals surface area contributed by atoms with Crippen LogP contribution in [-0.2, 0) is 0 Å². The predicted octanol–water partition coefficient (Wildman–Crippen LogP) is 3.99. The van der Waals surface area contributed by atoms with E-state index in [-0.39, 0.29) is 11.4 Å². The Morgan fingerprint density at radius 3 is 2.70 bits per heavy atom. The zero-order valence-electron chi connectivity index (χ0n) is 16.1. The van der Waals surface area contributed by atoms with Gasteiger partial charge in [-0.2, -0.15) is 0 Å². The molecule has 0 bridgehead atoms. The number of anilines is 2. The Bertz CT molecular complexity index is 867. The lowest BCUT2D eigenvalue weighted by Gasteiger charge is -2.47. The molecule has 1 aromatic heterocycles. The average Bonchev–Trinajstić information content (AvgIpc) is 3.15. The van der Waals surface area contributed by atoms with Gasteiger partial charge in [0, 0.05) is 6.54 Å². The van der Waals surface area contributed by atoms with Gasteiger partial charge in [-0.3, -0.25) is 9.79 Å². The molecule has 2 N–H and O–H groups in total. The summed E-state index contributed by atoms with van der Waals surface area (Å²) in [5.74, 6) is 0.900. The molecule has 1 spiro atoms. The van der Waals surface area contributed by atoms with Crippen molar-refractivity contribution in [3.63, 3.8) is 0 Å². The van der Waals surface area contributed by atoms with Crippen LogP contribution in [0.1, 0.15) is 44.0 Å². The normalized spacial score (nSPS) is 23.7. The van der Waals surface area contributed by atoms with E-state index in [1.807, 2.05) is 23.1 Å². The van der Waals surface area contributed by atoms with Gasteiger partial charge in [-0.15, -0.1) is 0 Å². The van der Waals surface area contributed by atoms with Crippen molar-refractivity contribution < 1.29 is 9.21 Å². The molecule has 1 aromatic carbocycles. The van der Waals surface area contributed by atoms with Crippen molar-refractivity contribution >= 4 is 23.1 Å². The highest BCUT2D eigenvalue weighted by molar-refractivity contribution is 6.10. The van der Waals surface area contributed by atoms with Crippen molar-refractivity contribution in [2.45, 2.75) is 44.7 Å². The SMILES string of the molecule is CC(C)(C)N=C1Nc2ccccc2NC12CCCN(C(=O)c1ccoc1)C2. The summed E-state index contributed by atoms with van der Waals surface area (Å²) >= 11 is 0. The van der Waals surface area contributed by atoms with E-state index < -0.39 is 5.54 Å². The van der Waals surface area contributed by atoms with Gasteiger partial charge in [-0.25, -0.2) is 0 Å². The van der Waals surface area contributed by atoms with Crippen LogP contribution >= 0.6 is 0 Å². The van der Waals surface area contributed by atoms with Crippen LogP contribution in [0.4, 0.5) is 11.4 Å². The number of rotatable bonds is 1. The van der Waals surface area contributed by atoms with Crippen molar-refractivity contribution in [1.29, 1.82) is 0 Å². The quantitative estimate of drug-likeness (QED) is 0.801. The fraction of sp³-hybridized carbons (Fsp3) is 0.429. The van der Waals surface area contributed by atoms with Crippen molar-refractivity contribution in [3.05, 3.63) is 48.4 Å². The van der Waals surface area contributed by atoms with Crippen LogP contribution < -0.4 is 10.6 Å². The number of nitrogens with zero attached hydrogens (tertiary/aromatic N) is 2. The molecular weight excluding hydrogens is 340 g/mol. The largest absolute Gasteiger partial charge is 0.472 e. The number of fused-ring (bicyclic) bond motifs is 1. The standard InChI is InChI=1S/C21H26N4O2/c1-20(2,3)24-19-21(23-17-8-5-4-7-16(17)22-19)10-6-11-25(14-21)18(26)15-9-12-27-13-15/h4-5,7-9,12-13,23H,6,10-11,14H2,1-3H3,(H,22,24). The fourth-order valence-corrected chi connectivity index (χ4v) is 3.83. The molecule has 1 unspecified atom stereocenters. The number of amidine groups is 1. The number of nitrogens with one attached hydrogen (secondary N) is 2. The third-order valence-electron chi connectivity index (χ3n) is 5.00. The zero-order chi connectivity index (χ0) is 19.1. The highest BCUT2D eigenvalue weighted by atomic mass is 16.3. The first-order valence-electron chi connectivity index (χ1n) is 9.42. The van der Waals surface area contributed by atoms with Gasteiger partial charge < -0.3 is 20.0 Å². The number of likely N-dealkylation sites (tertiary alicyclic amines) is 1. The highest BCUT2D eigenvalue weighted by Crippen LogP contribution is 2.37. The van der Waals surface area contributed by atoms with Gasteiger partial charge in [0.05, 0.1) is 35.3 Å². The van der Waals surface area contributed by atoms with E-state index in [9.17, 15) is 4.79 Å². The molecular formula is C21H26N4O2. The van der Waals surface area contributed by atoms with E-state index in [1.54, 1.807) is 6.07 Å². The number of piperidine rings is 1. The summed E-state index contributed by atoms with van der Waals surface area (Å²) in [4.78, 5) is 19.8. The van der Waals surface area contributed by atoms with Crippen LogP contribution in [0.5, 0.6) is 0 Å². The zero-order valence-corrected chi connectivity index (χ0v) is 16.1. The smallest absolute Gasteiger partial charge is 0.257 e. The molecule has 1 amide bonds. The first kappa shape index (κ1) is 17.6. The Hall–Kier alpha value is -2.76. The lowest BCUT2D eigenvalue weighted by molar-refractivity contribution is 0.0693. The van der Waals surface area contributed by atoms with E-state index in [2.05, 4.69) is 37.5 Å². The molecule has 0 aliphatic carbocycles. The van der Waals surface area contributed by atoms with E-state index in [4.69, 9.17) is 9.41 Å². The molecule has 0 saturated carbocycles. The van der Waals surface area contributed by atoms with Crippen LogP contribution in [0.15, 0.2) is 52.3 Å². The van der Waals surface area contributed by atoms with Gasteiger partial charge >= 0.3 is 0 Å². The summed E-state index contributed by atoms with van der Waals surface area (Å²) in [7, 11) is 0. The molecule has 2 aliphatic rings. The summed E-state index contributed by atoms with van der Waals surface area (Å²) in [5, 5.41) is 7.24. The number of hydrogen-bond acceptors (Lipinski definition) is 4. The molecule has 27 heavy (non-hydrogen) atoms. The Morgan fingerprint density at radius 1 is 1.22 bits per heavy atom. The van der Waals surface area contributed by atoms with Crippen molar-refractivity contribution in [3.8, 4) is 0 Å². The molecule has 3 heterocycles. The van der Waals surface area contributed by atoms with Crippen molar-refractivity contribution in [2.75, 3.05) is 23.7 Å². The van der Waals surface area contributed by atoms with Crippen molar-refractivity contribution in [1.82, 2.24) is 4.90 Å². The highest BCUT2D eigenvalue weighted by Gasteiger charge is 2.45. The number of carbonyl (C=O) groups excluding carboxylic acids is 1. The maximum Gasteiger partial charge on any atom is 0.257 e. The maximum atomic E-state index is 12.9. The van der Waals surface area contributed by atoms with Gasteiger partial charge in [0.2, 0.25) is 0 Å². The molecule has 4 rings (SSSR count). The fourth-order valence-electron chi connectivity index (χ4n) is 3.83. The van der Waals surface area contributed by atoms with Crippen LogP contribution in [-0.4, -0.2) is 40.8 Å². The third kappa shape index (κ3) is 3.44. The Balaban J connectivity index is 1.71. The number of hydrogen-bond donors (Lipinski definition) is 2. The summed E-state index contributed by atoms with van der Waals surface area (Å²) < 4.78 is 5.10. The van der Waals surface area contributed by atoms with E-state index in [0.29, 0.717) is 12.1 Å². The molecule has 2 aromatic rings. The molecule has 6 heteroatoms. The lowest BCUT2D eigenvalue weighted by atomic mass is 9.84. The van der Waals surface area contributed by atoms with Gasteiger partial charge in [-0.05, 0) is 51.8 Å². The molecule has 1 atom stereocenters. The van der Waals surface area contributed by atoms with Gasteiger partial charge in [0.1, 0.15) is 17.6 Å². The molecule has 1 fully saturated rings. The number of benzene rings is 1. The number of para-hydroxylation sites is 2. The molecule has 6 nitrogen and oxygen atoms in total. The number of carbonyl (C=O) groups is 1. The Kier molecular flexibility index (Phi) is 4.21. The van der Waals surface area contributed by atoms with E-state index >= 15 is 0 Å². The first-order valence-corrected chi connectivity index (χ1v) is 9.42. The first-order chi connectivity index (χ1) is 12.9. The number of amides is 1. The minimum Gasteiger partial charge on any atom is -0.472 e. The van der Waals surface area contributed by atoms with Crippen LogP contribution in [0, 0.1) is 0 Å². The van der Waals surface area contributed by atoms with Crippen LogP contribution in [0.3, 0.4) is 0 Å². The maximum absolute atomic E-state index is 12.9. The minimum atomic E-state index is -0.417. The number of furan rings is 1. The second-order valence-electron chi connectivity index (χ2n) is 8.35. The van der Waals surface area contributed by atoms with Gasteiger partial charge in [-0.1, -0.05) is 12.1 Å². The third-order valence-corrected chi connectivity index (χ3v) is 5.00. The summed E-state index contributed by atoms with van der Waals surface area (Å²) in [5.41, 5.74) is 2.01. The van der Waals surface area contributed by atoms with E-state index in [1.165, 1.54) is 12.5 Å².